The quantitative estimate of drug-likeness (QED) is 0.413. The third-order valence-corrected chi connectivity index (χ3v) is 4.45. The normalized spacial score (nSPS) is 10.2. The maximum atomic E-state index is 11.2. The van der Waals surface area contributed by atoms with Crippen molar-refractivity contribution in [1.29, 1.82) is 0 Å². The molecule has 0 aliphatic rings. The lowest BCUT2D eigenvalue weighted by atomic mass is 10.2. The number of fused-ring (bicyclic) bond motifs is 4. The first-order valence-corrected chi connectivity index (χ1v) is 9.81. The Labute approximate surface area is 182 Å². The second kappa shape index (κ2) is 10.6. The fraction of sp³-hybridized carbons (Fsp3) is 0.0833. The summed E-state index contributed by atoms with van der Waals surface area (Å²) in [5.74, 6) is -0.336. The van der Waals surface area contributed by atoms with Crippen LogP contribution in [0, 0.1) is 0 Å². The molecule has 0 aliphatic carbocycles. The van der Waals surface area contributed by atoms with E-state index in [0.29, 0.717) is 24.0 Å². The average molecular weight is 430 g/mol. The summed E-state index contributed by atoms with van der Waals surface area (Å²) in [6.07, 6.45) is 5.34. The summed E-state index contributed by atoms with van der Waals surface area (Å²) >= 11 is 0. The SMILES string of the molecule is NCCC(N)=O.O=c1ccn2ccc3ccccc3c2n1.O=c1occc2ccccc12. The van der Waals surface area contributed by atoms with E-state index in [1.54, 1.807) is 18.3 Å². The zero-order valence-corrected chi connectivity index (χ0v) is 17.2. The Morgan fingerprint density at radius 1 is 0.875 bits per heavy atom. The van der Waals surface area contributed by atoms with Crippen molar-refractivity contribution in [3.05, 3.63) is 106 Å². The smallest absolute Gasteiger partial charge is 0.343 e. The fourth-order valence-corrected chi connectivity index (χ4v) is 2.94. The number of aromatic nitrogens is 2. The lowest BCUT2D eigenvalue weighted by Crippen LogP contribution is -2.15. The number of nitrogens with zero attached hydrogens (tertiary/aromatic N) is 2. The van der Waals surface area contributed by atoms with Crippen LogP contribution in [0.2, 0.25) is 0 Å². The number of primary amides is 1. The van der Waals surface area contributed by atoms with Crippen LogP contribution >= 0.6 is 0 Å². The number of hydrogen-bond donors (Lipinski definition) is 2. The number of carbonyl (C=O) groups is 1. The molecule has 0 unspecified atom stereocenters. The molecule has 162 valence electrons. The van der Waals surface area contributed by atoms with Crippen molar-refractivity contribution in [3.8, 4) is 0 Å². The number of amides is 1. The molecule has 0 saturated carbocycles. The van der Waals surface area contributed by atoms with Gasteiger partial charge in [0.25, 0.3) is 5.56 Å². The number of hydrogen-bond acceptors (Lipinski definition) is 6. The van der Waals surface area contributed by atoms with Crippen molar-refractivity contribution in [2.45, 2.75) is 6.42 Å². The molecule has 4 N–H and O–H groups in total. The lowest BCUT2D eigenvalue weighted by Gasteiger charge is -2.03. The largest absolute Gasteiger partial charge is 0.431 e. The van der Waals surface area contributed by atoms with E-state index < -0.39 is 0 Å². The highest BCUT2D eigenvalue weighted by molar-refractivity contribution is 5.93. The predicted octanol–water partition coefficient (Wildman–Crippen LogP) is 2.46. The third kappa shape index (κ3) is 5.65. The number of nitrogens with two attached hydrogens (primary N) is 2. The van der Waals surface area contributed by atoms with E-state index in [0.717, 1.165) is 16.2 Å². The molecule has 0 bridgehead atoms. The first-order valence-electron chi connectivity index (χ1n) is 9.81. The lowest BCUT2D eigenvalue weighted by molar-refractivity contribution is -0.117. The van der Waals surface area contributed by atoms with E-state index in [1.807, 2.05) is 59.1 Å². The summed E-state index contributed by atoms with van der Waals surface area (Å²) < 4.78 is 6.54. The van der Waals surface area contributed by atoms with Crippen molar-refractivity contribution in [2.75, 3.05) is 6.54 Å². The molecule has 2 aromatic carbocycles. The van der Waals surface area contributed by atoms with Gasteiger partial charge in [-0.1, -0.05) is 42.5 Å². The molecule has 0 radical (unpaired) electrons. The molecule has 5 rings (SSSR count). The molecule has 32 heavy (non-hydrogen) atoms. The highest BCUT2D eigenvalue weighted by atomic mass is 16.4. The Kier molecular flexibility index (Phi) is 7.45. The molecule has 1 amide bonds. The molecular formula is C24H22N4O4. The van der Waals surface area contributed by atoms with Gasteiger partial charge in [0.15, 0.2) is 0 Å². The molecular weight excluding hydrogens is 408 g/mol. The molecule has 0 atom stereocenters. The second-order valence-corrected chi connectivity index (χ2v) is 6.70. The molecule has 8 heteroatoms. The van der Waals surface area contributed by atoms with Crippen LogP contribution in [0.25, 0.3) is 27.2 Å². The van der Waals surface area contributed by atoms with Gasteiger partial charge in [0.2, 0.25) is 5.91 Å². The zero-order chi connectivity index (χ0) is 22.9. The summed E-state index contributed by atoms with van der Waals surface area (Å²) in [6, 6.07) is 20.5. The van der Waals surface area contributed by atoms with Gasteiger partial charge in [0, 0.05) is 36.8 Å². The Morgan fingerprint density at radius 3 is 2.12 bits per heavy atom. The summed E-state index contributed by atoms with van der Waals surface area (Å²) in [4.78, 5) is 36.0. The molecule has 5 aromatic rings. The Balaban J connectivity index is 0.000000150. The number of benzene rings is 2. The van der Waals surface area contributed by atoms with Crippen LogP contribution in [0.15, 0.2) is 99.4 Å². The van der Waals surface area contributed by atoms with Crippen molar-refractivity contribution in [2.24, 2.45) is 11.5 Å². The third-order valence-electron chi connectivity index (χ3n) is 4.45. The van der Waals surface area contributed by atoms with Crippen molar-refractivity contribution < 1.29 is 9.21 Å². The van der Waals surface area contributed by atoms with Crippen LogP contribution in [0.5, 0.6) is 0 Å². The van der Waals surface area contributed by atoms with Gasteiger partial charge in [0.05, 0.1) is 11.6 Å². The van der Waals surface area contributed by atoms with Gasteiger partial charge in [-0.05, 0) is 29.0 Å². The Hall–Kier alpha value is -4.30. The van der Waals surface area contributed by atoms with Crippen LogP contribution in [0.4, 0.5) is 0 Å². The zero-order valence-electron chi connectivity index (χ0n) is 17.2. The van der Waals surface area contributed by atoms with Gasteiger partial charge in [-0.25, -0.2) is 4.79 Å². The highest BCUT2D eigenvalue weighted by Gasteiger charge is 2.00. The number of pyridine rings is 1. The summed E-state index contributed by atoms with van der Waals surface area (Å²) in [6.45, 7) is 0.356. The molecule has 0 aliphatic heterocycles. The van der Waals surface area contributed by atoms with Crippen molar-refractivity contribution >= 4 is 33.1 Å². The minimum absolute atomic E-state index is 0.202. The monoisotopic (exact) mass is 430 g/mol. The summed E-state index contributed by atoms with van der Waals surface area (Å²) in [7, 11) is 0. The topological polar surface area (TPSA) is 134 Å². The maximum Gasteiger partial charge on any atom is 0.343 e. The van der Waals surface area contributed by atoms with Crippen molar-refractivity contribution in [1.82, 2.24) is 9.38 Å². The van der Waals surface area contributed by atoms with Crippen molar-refractivity contribution in [3.63, 3.8) is 0 Å². The molecule has 0 saturated heterocycles. The highest BCUT2D eigenvalue weighted by Crippen LogP contribution is 2.16. The van der Waals surface area contributed by atoms with E-state index in [4.69, 9.17) is 5.73 Å². The van der Waals surface area contributed by atoms with Crippen LogP contribution in [-0.4, -0.2) is 21.8 Å². The van der Waals surface area contributed by atoms with E-state index in [-0.39, 0.29) is 17.1 Å². The van der Waals surface area contributed by atoms with Crippen LogP contribution in [-0.2, 0) is 4.79 Å². The van der Waals surface area contributed by atoms with Crippen LogP contribution < -0.4 is 22.7 Å². The van der Waals surface area contributed by atoms with E-state index in [2.05, 4.69) is 15.1 Å². The van der Waals surface area contributed by atoms with Gasteiger partial charge in [-0.2, -0.15) is 4.98 Å². The number of rotatable bonds is 2. The first-order chi connectivity index (χ1) is 15.5. The average Bonchev–Trinajstić information content (AvgIpc) is 2.80. The van der Waals surface area contributed by atoms with E-state index in [1.165, 1.54) is 12.3 Å². The summed E-state index contributed by atoms with van der Waals surface area (Å²) in [5.41, 5.74) is 9.84. The summed E-state index contributed by atoms with van der Waals surface area (Å²) in [5, 5.41) is 3.65. The van der Waals surface area contributed by atoms with E-state index >= 15 is 0 Å². The van der Waals surface area contributed by atoms with Gasteiger partial charge >= 0.3 is 5.63 Å². The fourth-order valence-electron chi connectivity index (χ4n) is 2.94. The predicted molar refractivity (Wildman–Crippen MR) is 124 cm³/mol. The number of carbonyl (C=O) groups excluding carboxylic acids is 1. The van der Waals surface area contributed by atoms with Gasteiger partial charge in [-0.15, -0.1) is 0 Å². The molecule has 8 nitrogen and oxygen atoms in total. The second-order valence-electron chi connectivity index (χ2n) is 6.70. The Morgan fingerprint density at radius 2 is 1.50 bits per heavy atom. The minimum Gasteiger partial charge on any atom is -0.431 e. The minimum atomic E-state index is -0.336. The standard InChI is InChI=1S/C12H8N2O.C9H6O2.C3H8N2O/c15-11-6-8-14-7-5-9-3-1-2-4-10(9)12(14)13-11;10-9-8-4-2-1-3-7(8)5-6-11-9;4-2-1-3(5)6/h1-8H;1-6H;1-2,4H2,(H2,5,6). The molecule has 0 spiro atoms. The van der Waals surface area contributed by atoms with E-state index in [9.17, 15) is 14.4 Å². The Bertz CT molecular complexity index is 1470. The van der Waals surface area contributed by atoms with Gasteiger partial charge < -0.3 is 20.3 Å². The van der Waals surface area contributed by atoms with Crippen LogP contribution in [0.1, 0.15) is 6.42 Å². The first kappa shape index (κ1) is 22.4. The molecule has 3 aromatic heterocycles. The molecule has 3 heterocycles. The van der Waals surface area contributed by atoms with Gasteiger partial charge in [-0.3, -0.25) is 9.59 Å². The maximum absolute atomic E-state index is 11.2. The van der Waals surface area contributed by atoms with Crippen LogP contribution in [0.3, 0.4) is 0 Å². The molecule has 0 fully saturated rings. The van der Waals surface area contributed by atoms with Gasteiger partial charge in [0.1, 0.15) is 5.65 Å².